The van der Waals surface area contributed by atoms with Crippen molar-refractivity contribution in [3.63, 3.8) is 0 Å². The zero-order valence-corrected chi connectivity index (χ0v) is 20.2. The monoisotopic (exact) mass is 497 g/mol. The van der Waals surface area contributed by atoms with Gasteiger partial charge in [0, 0.05) is 62.6 Å². The van der Waals surface area contributed by atoms with Gasteiger partial charge >= 0.3 is 0 Å². The third-order valence-electron chi connectivity index (χ3n) is 6.05. The predicted octanol–water partition coefficient (Wildman–Crippen LogP) is 4.23. The van der Waals surface area contributed by atoms with E-state index in [1.165, 1.54) is 30.5 Å². The number of aromatic nitrogens is 1. The summed E-state index contributed by atoms with van der Waals surface area (Å²) in [6.07, 6.45) is 1.42. The molecule has 0 atom stereocenters. The molecule has 3 aromatic rings. The molecule has 0 saturated carbocycles. The Morgan fingerprint density at radius 3 is 2.63 bits per heavy atom. The Balaban J connectivity index is 1.70. The van der Waals surface area contributed by atoms with E-state index < -0.39 is 10.7 Å². The first-order valence-corrected chi connectivity index (χ1v) is 11.5. The number of nitro benzene ring substituents is 1. The Morgan fingerprint density at radius 2 is 2.00 bits per heavy atom. The predicted molar refractivity (Wildman–Crippen MR) is 135 cm³/mol. The van der Waals surface area contributed by atoms with Crippen LogP contribution < -0.4 is 10.2 Å². The number of likely N-dealkylation sites (N-methyl/N-ethyl adjacent to an activating group) is 1. The molecular formula is C24H25ClFN7O2. The van der Waals surface area contributed by atoms with Gasteiger partial charge in [-0.25, -0.2) is 4.39 Å². The van der Waals surface area contributed by atoms with Crippen molar-refractivity contribution < 1.29 is 9.31 Å². The van der Waals surface area contributed by atoms with E-state index in [0.29, 0.717) is 41.1 Å². The second-order valence-electron chi connectivity index (χ2n) is 8.66. The number of hydrogen-bond donors (Lipinski definition) is 1. The molecule has 1 saturated heterocycles. The molecule has 11 heteroatoms. The van der Waals surface area contributed by atoms with E-state index in [-0.39, 0.29) is 16.3 Å². The highest BCUT2D eigenvalue weighted by Gasteiger charge is 2.26. The zero-order chi connectivity index (χ0) is 25.1. The molecule has 0 aliphatic carbocycles. The lowest BCUT2D eigenvalue weighted by molar-refractivity contribution is -0.384. The summed E-state index contributed by atoms with van der Waals surface area (Å²) < 4.78 is 13.6. The molecular weight excluding hydrogens is 473 g/mol. The molecule has 1 N–H and O–H groups in total. The average molecular weight is 498 g/mol. The number of nitrogens with one attached hydrogen (secondary N) is 1. The van der Waals surface area contributed by atoms with E-state index in [2.05, 4.69) is 26.2 Å². The van der Waals surface area contributed by atoms with Crippen molar-refractivity contribution in [3.8, 4) is 6.07 Å². The van der Waals surface area contributed by atoms with Crippen LogP contribution in [0.1, 0.15) is 5.56 Å². The van der Waals surface area contributed by atoms with Gasteiger partial charge in [-0.05, 0) is 38.4 Å². The van der Waals surface area contributed by atoms with Crippen LogP contribution in [0.15, 0.2) is 36.5 Å². The van der Waals surface area contributed by atoms with Crippen molar-refractivity contribution in [2.45, 2.75) is 0 Å². The van der Waals surface area contributed by atoms with Crippen molar-refractivity contribution in [1.82, 2.24) is 14.8 Å². The number of nitriles is 1. The van der Waals surface area contributed by atoms with Gasteiger partial charge < -0.3 is 15.1 Å². The van der Waals surface area contributed by atoms with E-state index in [0.717, 1.165) is 26.2 Å². The first-order chi connectivity index (χ1) is 16.8. The van der Waals surface area contributed by atoms with Crippen molar-refractivity contribution in [1.29, 1.82) is 5.26 Å². The number of anilines is 3. The van der Waals surface area contributed by atoms with Gasteiger partial charge in [0.15, 0.2) is 0 Å². The fourth-order valence-electron chi connectivity index (χ4n) is 4.11. The minimum atomic E-state index is -0.570. The van der Waals surface area contributed by atoms with Gasteiger partial charge in [-0.3, -0.25) is 20.0 Å². The molecule has 1 fully saturated rings. The lowest BCUT2D eigenvalue weighted by Gasteiger charge is -2.36. The number of pyridine rings is 1. The van der Waals surface area contributed by atoms with E-state index in [1.54, 1.807) is 6.07 Å². The van der Waals surface area contributed by atoms with Gasteiger partial charge in [-0.1, -0.05) is 11.6 Å². The lowest BCUT2D eigenvalue weighted by Crippen LogP contribution is -2.48. The number of benzene rings is 2. The first-order valence-electron chi connectivity index (χ1n) is 11.1. The van der Waals surface area contributed by atoms with Crippen molar-refractivity contribution in [2.24, 2.45) is 0 Å². The maximum absolute atomic E-state index is 13.6. The molecule has 4 rings (SSSR count). The molecule has 1 aliphatic heterocycles. The van der Waals surface area contributed by atoms with Crippen LogP contribution in [-0.2, 0) is 0 Å². The molecule has 35 heavy (non-hydrogen) atoms. The van der Waals surface area contributed by atoms with Gasteiger partial charge in [0.2, 0.25) is 0 Å². The Morgan fingerprint density at radius 1 is 1.26 bits per heavy atom. The third-order valence-corrected chi connectivity index (χ3v) is 6.34. The molecule has 2 heterocycles. The van der Waals surface area contributed by atoms with Crippen LogP contribution in [-0.4, -0.2) is 73.1 Å². The molecule has 0 radical (unpaired) electrons. The fraction of sp³-hybridized carbons (Fsp3) is 0.333. The van der Waals surface area contributed by atoms with Crippen LogP contribution in [0.5, 0.6) is 0 Å². The quantitative estimate of drug-likeness (QED) is 0.382. The number of hydrogen-bond acceptors (Lipinski definition) is 8. The molecule has 0 amide bonds. The highest BCUT2D eigenvalue weighted by atomic mass is 35.5. The summed E-state index contributed by atoms with van der Waals surface area (Å²) in [4.78, 5) is 22.5. The highest BCUT2D eigenvalue weighted by Crippen LogP contribution is 2.38. The Hall–Kier alpha value is -3.52. The summed E-state index contributed by atoms with van der Waals surface area (Å²) in [5.74, 6) is -0.570. The second-order valence-corrected chi connectivity index (χ2v) is 9.07. The van der Waals surface area contributed by atoms with Crippen molar-refractivity contribution in [3.05, 3.63) is 63.0 Å². The van der Waals surface area contributed by atoms with Crippen LogP contribution in [0.2, 0.25) is 5.02 Å². The Labute approximate surface area is 207 Å². The largest absolute Gasteiger partial charge is 0.363 e. The van der Waals surface area contributed by atoms with Gasteiger partial charge in [0.25, 0.3) is 5.69 Å². The van der Waals surface area contributed by atoms with Gasteiger partial charge in [-0.2, -0.15) is 5.26 Å². The molecule has 182 valence electrons. The molecule has 1 aliphatic rings. The minimum Gasteiger partial charge on any atom is -0.363 e. The van der Waals surface area contributed by atoms with Crippen molar-refractivity contribution in [2.75, 3.05) is 63.6 Å². The number of rotatable bonds is 7. The van der Waals surface area contributed by atoms with Gasteiger partial charge in [0.05, 0.1) is 26.7 Å². The van der Waals surface area contributed by atoms with Crippen LogP contribution in [0.3, 0.4) is 0 Å². The van der Waals surface area contributed by atoms with Crippen molar-refractivity contribution >= 4 is 45.3 Å². The number of fused-ring (bicyclic) bond motifs is 1. The molecule has 0 unspecified atom stereocenters. The second kappa shape index (κ2) is 10.4. The van der Waals surface area contributed by atoms with E-state index in [9.17, 15) is 19.8 Å². The Kier molecular flexibility index (Phi) is 7.31. The van der Waals surface area contributed by atoms with E-state index in [1.807, 2.05) is 19.0 Å². The van der Waals surface area contributed by atoms with Crippen LogP contribution >= 0.6 is 11.6 Å². The van der Waals surface area contributed by atoms with Crippen LogP contribution in [0.4, 0.5) is 27.1 Å². The molecule has 1 aromatic heterocycles. The normalized spacial score (nSPS) is 14.3. The summed E-state index contributed by atoms with van der Waals surface area (Å²) in [5, 5.41) is 25.1. The summed E-state index contributed by atoms with van der Waals surface area (Å²) in [6.45, 7) is 4.84. The highest BCUT2D eigenvalue weighted by molar-refractivity contribution is 6.31. The molecule has 2 aromatic carbocycles. The smallest absolute Gasteiger partial charge is 0.293 e. The summed E-state index contributed by atoms with van der Waals surface area (Å²) >= 11 is 5.90. The van der Waals surface area contributed by atoms with Gasteiger partial charge in [0.1, 0.15) is 17.6 Å². The van der Waals surface area contributed by atoms with Crippen LogP contribution in [0.25, 0.3) is 10.9 Å². The lowest BCUT2D eigenvalue weighted by atomic mass is 10.1. The maximum Gasteiger partial charge on any atom is 0.293 e. The summed E-state index contributed by atoms with van der Waals surface area (Å²) in [5.41, 5.74) is 1.95. The third kappa shape index (κ3) is 5.43. The minimum absolute atomic E-state index is 0.0590. The topological polar surface area (TPSA) is 102 Å². The van der Waals surface area contributed by atoms with Crippen LogP contribution in [0, 0.1) is 27.3 Å². The fourth-order valence-corrected chi connectivity index (χ4v) is 4.29. The Bertz CT molecular complexity index is 1300. The molecule has 9 nitrogen and oxygen atoms in total. The average Bonchev–Trinajstić information content (AvgIpc) is 2.84. The molecule has 0 spiro atoms. The van der Waals surface area contributed by atoms with E-state index in [4.69, 9.17) is 11.6 Å². The number of halogens is 2. The number of nitro groups is 1. The summed E-state index contributed by atoms with van der Waals surface area (Å²) in [7, 11) is 4.07. The SMILES string of the molecule is CN(C)CCN1CCN(c2cc3ncc(C#N)c(Nc4ccc(F)c(Cl)c4)c3cc2[N+](=O)[O-])CC1. The van der Waals surface area contributed by atoms with E-state index >= 15 is 0 Å². The zero-order valence-electron chi connectivity index (χ0n) is 19.5. The summed E-state index contributed by atoms with van der Waals surface area (Å²) in [6, 6.07) is 9.29. The molecule has 0 bridgehead atoms. The number of piperazine rings is 1. The first kappa shape index (κ1) is 24.6. The van der Waals surface area contributed by atoms with Gasteiger partial charge in [-0.15, -0.1) is 0 Å². The number of nitrogens with zero attached hydrogens (tertiary/aromatic N) is 6. The maximum atomic E-state index is 13.6. The standard InChI is InChI=1S/C24H25ClFN7O2/c1-30(2)5-6-31-7-9-32(10-8-31)22-13-21-18(12-23(22)33(34)35)24(16(14-27)15-28-21)29-17-3-4-20(26)19(25)11-17/h3-4,11-13,15H,5-10H2,1-2H3,(H,28,29).